The number of carbonyl (C=O) groups excluding carboxylic acids is 2. The standard InChI is InChI=1S/C7H9NO8.ClH.2Na.2H/c9-3-8-16-5(12)2-7(15,6(13)14)1-4(10)11;;;;;/h3,15H,1-2H2,(H,8,9)(H,10,11)(H,13,14);1H;;;;/q;;2*+1;2*-1. The van der Waals surface area contributed by atoms with Gasteiger partial charge in [-0.15, -0.1) is 12.4 Å². The molecule has 0 rings (SSSR count). The van der Waals surface area contributed by atoms with E-state index in [1.807, 2.05) is 0 Å². The second-order valence-corrected chi connectivity index (χ2v) is 2.79. The maximum atomic E-state index is 10.8. The van der Waals surface area contributed by atoms with E-state index in [0.717, 1.165) is 0 Å². The predicted molar refractivity (Wildman–Crippen MR) is 54.2 cm³/mol. The number of hydrogen-bond acceptors (Lipinski definition) is 6. The summed E-state index contributed by atoms with van der Waals surface area (Å²) in [5.41, 5.74) is -1.29. The molecule has 0 aliphatic heterocycles. The first-order chi connectivity index (χ1) is 7.31. The number of hydrogen-bond donors (Lipinski definition) is 4. The van der Waals surface area contributed by atoms with Crippen LogP contribution in [0.3, 0.4) is 0 Å². The zero-order chi connectivity index (χ0) is 12.8. The second kappa shape index (κ2) is 13.1. The monoisotopic (exact) mass is 319 g/mol. The maximum absolute atomic E-state index is 10.8. The molecule has 0 aromatic rings. The van der Waals surface area contributed by atoms with Crippen molar-refractivity contribution in [1.29, 1.82) is 0 Å². The van der Waals surface area contributed by atoms with Crippen molar-refractivity contribution in [2.45, 2.75) is 18.4 Å². The molecule has 0 aromatic carbocycles. The van der Waals surface area contributed by atoms with Gasteiger partial charge in [0.25, 0.3) is 0 Å². The number of carboxylic acid groups (broad SMARTS) is 2. The zero-order valence-electron chi connectivity index (χ0n) is 12.3. The number of nitrogens with one attached hydrogen (secondary N) is 1. The third-order valence-electron chi connectivity index (χ3n) is 1.50. The number of amides is 1. The van der Waals surface area contributed by atoms with Crippen LogP contribution in [0.5, 0.6) is 0 Å². The van der Waals surface area contributed by atoms with Crippen LogP contribution in [0.1, 0.15) is 15.7 Å². The first-order valence-electron chi connectivity index (χ1n) is 3.88. The molecule has 0 aliphatic carbocycles. The summed E-state index contributed by atoms with van der Waals surface area (Å²) in [5.74, 6) is -4.75. The van der Waals surface area contributed by atoms with E-state index in [1.165, 1.54) is 5.48 Å². The van der Waals surface area contributed by atoms with Gasteiger partial charge in [0.1, 0.15) is 0 Å². The molecular weight excluding hydrogens is 308 g/mol. The van der Waals surface area contributed by atoms with Gasteiger partial charge in [-0.05, 0) is 0 Å². The molecule has 0 heterocycles. The fourth-order valence-electron chi connectivity index (χ4n) is 0.829. The molecule has 0 saturated heterocycles. The van der Waals surface area contributed by atoms with Crippen molar-refractivity contribution in [3.05, 3.63) is 0 Å². The molecule has 19 heavy (non-hydrogen) atoms. The molecule has 102 valence electrons. The molecule has 1 atom stereocenters. The normalized spacial score (nSPS) is 11.2. The SMILES string of the molecule is Cl.O=CNOC(=O)CC(O)(CC(=O)O)C(=O)O.[H-].[H-].[Na+].[Na+]. The van der Waals surface area contributed by atoms with Crippen molar-refractivity contribution in [1.82, 2.24) is 5.48 Å². The Morgan fingerprint density at radius 1 is 1.21 bits per heavy atom. The summed E-state index contributed by atoms with van der Waals surface area (Å²) in [6, 6.07) is 0. The summed E-state index contributed by atoms with van der Waals surface area (Å²) in [5, 5.41) is 26.2. The van der Waals surface area contributed by atoms with Gasteiger partial charge in [0.2, 0.25) is 6.41 Å². The van der Waals surface area contributed by atoms with E-state index in [2.05, 4.69) is 4.84 Å². The number of carboxylic acids is 2. The van der Waals surface area contributed by atoms with Gasteiger partial charge >= 0.3 is 77.0 Å². The summed E-state index contributed by atoms with van der Waals surface area (Å²) in [7, 11) is 0. The third-order valence-corrected chi connectivity index (χ3v) is 1.50. The number of carbonyl (C=O) groups is 4. The third kappa shape index (κ3) is 11.6. The second-order valence-electron chi connectivity index (χ2n) is 2.79. The molecule has 0 aromatic heterocycles. The van der Waals surface area contributed by atoms with Crippen molar-refractivity contribution in [2.24, 2.45) is 0 Å². The van der Waals surface area contributed by atoms with Gasteiger partial charge < -0.3 is 23.0 Å². The van der Waals surface area contributed by atoms with Crippen LogP contribution in [-0.4, -0.2) is 45.2 Å². The Hall–Kier alpha value is 0.130. The van der Waals surface area contributed by atoms with E-state index in [1.54, 1.807) is 0 Å². The Kier molecular flexibility index (Phi) is 19.0. The number of aliphatic hydroxyl groups is 1. The molecule has 0 radical (unpaired) electrons. The molecular formula is C7H12ClNNa2O8. The van der Waals surface area contributed by atoms with Crippen LogP contribution >= 0.6 is 12.4 Å². The van der Waals surface area contributed by atoms with Crippen molar-refractivity contribution < 1.29 is 101 Å². The molecule has 0 saturated carbocycles. The molecule has 0 bridgehead atoms. The summed E-state index contributed by atoms with van der Waals surface area (Å²) >= 11 is 0. The Bertz CT molecular complexity index is 338. The average molecular weight is 320 g/mol. The number of aliphatic carboxylic acids is 2. The van der Waals surface area contributed by atoms with Crippen molar-refractivity contribution in [3.63, 3.8) is 0 Å². The van der Waals surface area contributed by atoms with Gasteiger partial charge in [0.15, 0.2) is 5.60 Å². The van der Waals surface area contributed by atoms with Gasteiger partial charge in [0.05, 0.1) is 12.8 Å². The first kappa shape index (κ1) is 27.5. The van der Waals surface area contributed by atoms with Crippen molar-refractivity contribution in [3.8, 4) is 0 Å². The average Bonchev–Trinajstić information content (AvgIpc) is 2.12. The van der Waals surface area contributed by atoms with E-state index in [9.17, 15) is 24.3 Å². The molecule has 0 fully saturated rings. The largest absolute Gasteiger partial charge is 1.00 e. The summed E-state index contributed by atoms with van der Waals surface area (Å²) in [6.45, 7) is 0. The first-order valence-corrected chi connectivity index (χ1v) is 3.88. The summed E-state index contributed by atoms with van der Waals surface area (Å²) in [6.07, 6.45) is -2.26. The van der Waals surface area contributed by atoms with Gasteiger partial charge in [0, 0.05) is 0 Å². The van der Waals surface area contributed by atoms with Gasteiger partial charge in [-0.2, -0.15) is 5.48 Å². The van der Waals surface area contributed by atoms with Crippen LogP contribution in [0.4, 0.5) is 0 Å². The molecule has 0 spiro atoms. The summed E-state index contributed by atoms with van der Waals surface area (Å²) < 4.78 is 0. The molecule has 9 nitrogen and oxygen atoms in total. The van der Waals surface area contributed by atoms with Crippen LogP contribution in [0.25, 0.3) is 0 Å². The smallest absolute Gasteiger partial charge is 1.00 e. The number of rotatable bonds is 7. The molecule has 4 N–H and O–H groups in total. The summed E-state index contributed by atoms with van der Waals surface area (Å²) in [4.78, 5) is 45.3. The molecule has 12 heteroatoms. The Labute approximate surface area is 161 Å². The zero-order valence-corrected chi connectivity index (χ0v) is 15.1. The Morgan fingerprint density at radius 2 is 1.68 bits per heavy atom. The minimum atomic E-state index is -2.77. The van der Waals surface area contributed by atoms with E-state index in [4.69, 9.17) is 10.2 Å². The van der Waals surface area contributed by atoms with Gasteiger partial charge in [-0.1, -0.05) is 0 Å². The van der Waals surface area contributed by atoms with E-state index >= 15 is 0 Å². The molecule has 0 aliphatic rings. The van der Waals surface area contributed by atoms with Gasteiger partial charge in [-0.25, -0.2) is 9.59 Å². The van der Waals surface area contributed by atoms with E-state index < -0.39 is 36.4 Å². The number of halogens is 1. The maximum Gasteiger partial charge on any atom is 1.00 e. The van der Waals surface area contributed by atoms with E-state index in [-0.39, 0.29) is 80.8 Å². The Balaban J connectivity index is -0.000000112. The predicted octanol–water partition coefficient (Wildman–Crippen LogP) is -7.47. The van der Waals surface area contributed by atoms with Crippen LogP contribution in [0, 0.1) is 0 Å². The molecule has 1 unspecified atom stereocenters. The van der Waals surface area contributed by atoms with Crippen molar-refractivity contribution in [2.75, 3.05) is 0 Å². The Morgan fingerprint density at radius 3 is 2.00 bits per heavy atom. The molecule has 1 amide bonds. The van der Waals surface area contributed by atoms with Crippen LogP contribution in [0.15, 0.2) is 0 Å². The fraction of sp³-hybridized carbons (Fsp3) is 0.429. The minimum absolute atomic E-state index is 0. The number of hydroxylamine groups is 1. The van der Waals surface area contributed by atoms with Crippen LogP contribution in [-0.2, 0) is 24.0 Å². The quantitative estimate of drug-likeness (QED) is 0.205. The minimum Gasteiger partial charge on any atom is -1.00 e. The van der Waals surface area contributed by atoms with Crippen molar-refractivity contribution >= 4 is 36.7 Å². The fourth-order valence-corrected chi connectivity index (χ4v) is 0.829. The van der Waals surface area contributed by atoms with Gasteiger partial charge in [-0.3, -0.25) is 9.59 Å². The topological polar surface area (TPSA) is 150 Å². The van der Waals surface area contributed by atoms with E-state index in [0.29, 0.717) is 0 Å². The van der Waals surface area contributed by atoms with Crippen LogP contribution < -0.4 is 64.6 Å². The van der Waals surface area contributed by atoms with Crippen LogP contribution in [0.2, 0.25) is 0 Å².